The summed E-state index contributed by atoms with van der Waals surface area (Å²) in [6, 6.07) is 15.1. The van der Waals surface area contributed by atoms with Crippen LogP contribution in [0.1, 0.15) is 30.4 Å². The van der Waals surface area contributed by atoms with Crippen molar-refractivity contribution in [2.75, 3.05) is 19.9 Å². The highest BCUT2D eigenvalue weighted by molar-refractivity contribution is 6.07. The van der Waals surface area contributed by atoms with Crippen LogP contribution < -0.4 is 20.1 Å². The number of aryl methyl sites for hydroxylation is 1. The quantitative estimate of drug-likeness (QED) is 0.661. The van der Waals surface area contributed by atoms with Gasteiger partial charge >= 0.3 is 6.03 Å². The van der Waals surface area contributed by atoms with Crippen LogP contribution in [0.15, 0.2) is 48.5 Å². The average molecular weight is 450 g/mol. The SMILES string of the molecule is O=C1NC(=O)[C@@](CCc2ccccc2)(C2CCN(C(=O)Cc3ccc4c(c3)OCO4)CC2)N1. The first-order valence-corrected chi connectivity index (χ1v) is 11.4. The van der Waals surface area contributed by atoms with Crippen LogP contribution in [0.4, 0.5) is 4.79 Å². The number of likely N-dealkylation sites (tertiary alicyclic amines) is 1. The molecular formula is C25H27N3O5. The molecule has 8 heteroatoms. The van der Waals surface area contributed by atoms with E-state index in [0.29, 0.717) is 50.3 Å². The minimum atomic E-state index is -0.931. The van der Waals surface area contributed by atoms with Gasteiger partial charge in [-0.15, -0.1) is 0 Å². The van der Waals surface area contributed by atoms with Gasteiger partial charge in [-0.1, -0.05) is 36.4 Å². The Balaban J connectivity index is 1.22. The van der Waals surface area contributed by atoms with E-state index in [9.17, 15) is 14.4 Å². The summed E-state index contributed by atoms with van der Waals surface area (Å²) < 4.78 is 10.7. The van der Waals surface area contributed by atoms with Gasteiger partial charge in [-0.3, -0.25) is 14.9 Å². The van der Waals surface area contributed by atoms with E-state index in [1.807, 2.05) is 53.4 Å². The van der Waals surface area contributed by atoms with Crippen LogP contribution in [-0.2, 0) is 22.4 Å². The van der Waals surface area contributed by atoms with Crippen LogP contribution in [0.3, 0.4) is 0 Å². The number of carbonyl (C=O) groups excluding carboxylic acids is 3. The van der Waals surface area contributed by atoms with Crippen LogP contribution in [0.2, 0.25) is 0 Å². The Kier molecular flexibility index (Phi) is 5.66. The van der Waals surface area contributed by atoms with Crippen molar-refractivity contribution in [3.8, 4) is 11.5 Å². The van der Waals surface area contributed by atoms with Gasteiger partial charge in [0.25, 0.3) is 5.91 Å². The normalized spacial score (nSPS) is 22.2. The molecule has 0 unspecified atom stereocenters. The summed E-state index contributed by atoms with van der Waals surface area (Å²) in [6.45, 7) is 1.32. The van der Waals surface area contributed by atoms with Crippen LogP contribution >= 0.6 is 0 Å². The van der Waals surface area contributed by atoms with Gasteiger partial charge < -0.3 is 19.7 Å². The van der Waals surface area contributed by atoms with E-state index in [2.05, 4.69) is 10.6 Å². The van der Waals surface area contributed by atoms with Crippen LogP contribution in [0.5, 0.6) is 11.5 Å². The number of hydrogen-bond donors (Lipinski definition) is 2. The van der Waals surface area contributed by atoms with Crippen molar-refractivity contribution >= 4 is 17.8 Å². The number of imide groups is 1. The lowest BCUT2D eigenvalue weighted by Crippen LogP contribution is -2.56. The largest absolute Gasteiger partial charge is 0.454 e. The summed E-state index contributed by atoms with van der Waals surface area (Å²) in [7, 11) is 0. The highest BCUT2D eigenvalue weighted by atomic mass is 16.7. The first-order valence-electron chi connectivity index (χ1n) is 11.4. The van der Waals surface area contributed by atoms with E-state index < -0.39 is 11.6 Å². The Labute approximate surface area is 192 Å². The van der Waals surface area contributed by atoms with E-state index in [-0.39, 0.29) is 30.9 Å². The van der Waals surface area contributed by atoms with Gasteiger partial charge in [0.2, 0.25) is 12.7 Å². The molecule has 0 aromatic heterocycles. The number of rotatable bonds is 6. The second-order valence-electron chi connectivity index (χ2n) is 8.88. The number of ether oxygens (including phenoxy) is 2. The second-order valence-corrected chi connectivity index (χ2v) is 8.88. The lowest BCUT2D eigenvalue weighted by Gasteiger charge is -2.40. The summed E-state index contributed by atoms with van der Waals surface area (Å²) in [4.78, 5) is 39.7. The fraction of sp³-hybridized carbons (Fsp3) is 0.400. The van der Waals surface area contributed by atoms with E-state index in [4.69, 9.17) is 9.47 Å². The number of urea groups is 1. The molecular weight excluding hydrogens is 422 g/mol. The molecule has 2 fully saturated rings. The number of carbonyl (C=O) groups is 3. The Morgan fingerprint density at radius 2 is 1.76 bits per heavy atom. The topological polar surface area (TPSA) is 97.0 Å². The number of piperidine rings is 1. The number of hydrogen-bond acceptors (Lipinski definition) is 5. The maximum atomic E-state index is 12.9. The third-order valence-corrected chi connectivity index (χ3v) is 6.96. The predicted octanol–water partition coefficient (Wildman–Crippen LogP) is 2.41. The number of fused-ring (bicyclic) bond motifs is 1. The average Bonchev–Trinajstić information content (AvgIpc) is 3.42. The first-order chi connectivity index (χ1) is 16.0. The second kappa shape index (κ2) is 8.77. The van der Waals surface area contributed by atoms with Gasteiger partial charge in [0.05, 0.1) is 6.42 Å². The predicted molar refractivity (Wildman–Crippen MR) is 120 cm³/mol. The van der Waals surface area contributed by atoms with Crippen molar-refractivity contribution < 1.29 is 23.9 Å². The smallest absolute Gasteiger partial charge is 0.322 e. The molecule has 3 heterocycles. The van der Waals surface area contributed by atoms with Gasteiger partial charge in [-0.2, -0.15) is 0 Å². The molecule has 33 heavy (non-hydrogen) atoms. The summed E-state index contributed by atoms with van der Waals surface area (Å²) in [6.07, 6.45) is 2.84. The van der Waals surface area contributed by atoms with Crippen molar-refractivity contribution in [3.63, 3.8) is 0 Å². The fourth-order valence-corrected chi connectivity index (χ4v) is 5.12. The molecule has 8 nitrogen and oxygen atoms in total. The number of nitrogens with one attached hydrogen (secondary N) is 2. The molecule has 2 aromatic carbocycles. The van der Waals surface area contributed by atoms with E-state index in [1.165, 1.54) is 0 Å². The summed E-state index contributed by atoms with van der Waals surface area (Å²) in [5.41, 5.74) is 1.08. The molecule has 0 saturated carbocycles. The zero-order chi connectivity index (χ0) is 22.8. The van der Waals surface area contributed by atoms with Crippen molar-refractivity contribution in [1.82, 2.24) is 15.5 Å². The van der Waals surface area contributed by atoms with Crippen molar-refractivity contribution in [2.45, 2.75) is 37.6 Å². The molecule has 3 aliphatic rings. The third kappa shape index (κ3) is 4.25. The maximum Gasteiger partial charge on any atom is 0.322 e. The number of benzene rings is 2. The highest BCUT2D eigenvalue weighted by Gasteiger charge is 2.51. The summed E-state index contributed by atoms with van der Waals surface area (Å²) in [5, 5.41) is 5.37. The molecule has 4 amide bonds. The zero-order valence-electron chi connectivity index (χ0n) is 18.3. The van der Waals surface area contributed by atoms with E-state index in [1.54, 1.807) is 0 Å². The number of nitrogens with zero attached hydrogens (tertiary/aromatic N) is 1. The van der Waals surface area contributed by atoms with Crippen molar-refractivity contribution in [1.29, 1.82) is 0 Å². The van der Waals surface area contributed by atoms with Gasteiger partial charge in [0.15, 0.2) is 11.5 Å². The van der Waals surface area contributed by atoms with Gasteiger partial charge in [0, 0.05) is 13.1 Å². The Morgan fingerprint density at radius 3 is 2.48 bits per heavy atom. The molecule has 2 saturated heterocycles. The molecule has 3 aliphatic heterocycles. The van der Waals surface area contributed by atoms with Crippen LogP contribution in [0, 0.1) is 5.92 Å². The van der Waals surface area contributed by atoms with Gasteiger partial charge in [-0.25, -0.2) is 4.79 Å². The molecule has 2 aromatic rings. The number of amides is 4. The molecule has 0 bridgehead atoms. The molecule has 1 atom stereocenters. The van der Waals surface area contributed by atoms with Crippen molar-refractivity contribution in [3.05, 3.63) is 59.7 Å². The van der Waals surface area contributed by atoms with Crippen LogP contribution in [0.25, 0.3) is 0 Å². The van der Waals surface area contributed by atoms with Gasteiger partial charge in [0.1, 0.15) is 5.54 Å². The highest BCUT2D eigenvalue weighted by Crippen LogP contribution is 2.35. The molecule has 0 radical (unpaired) electrons. The van der Waals surface area contributed by atoms with E-state index in [0.717, 1.165) is 11.1 Å². The van der Waals surface area contributed by atoms with Gasteiger partial charge in [-0.05, 0) is 54.9 Å². The molecule has 2 N–H and O–H groups in total. The lowest BCUT2D eigenvalue weighted by molar-refractivity contribution is -0.133. The monoisotopic (exact) mass is 449 g/mol. The Hall–Kier alpha value is -3.55. The van der Waals surface area contributed by atoms with Crippen LogP contribution in [-0.4, -0.2) is 48.2 Å². The minimum Gasteiger partial charge on any atom is -0.454 e. The molecule has 0 aliphatic carbocycles. The maximum absolute atomic E-state index is 12.9. The molecule has 5 rings (SSSR count). The third-order valence-electron chi connectivity index (χ3n) is 6.96. The standard InChI is InChI=1S/C25H27N3O5/c29-22(15-18-6-7-20-21(14-18)33-16-32-20)28-12-9-19(10-13-28)25(23(30)26-24(31)27-25)11-8-17-4-2-1-3-5-17/h1-7,14,19H,8-13,15-16H2,(H2,26,27,30,31)/t25-/m1/s1. The minimum absolute atomic E-state index is 0.0257. The lowest BCUT2D eigenvalue weighted by atomic mass is 9.74. The molecule has 0 spiro atoms. The zero-order valence-corrected chi connectivity index (χ0v) is 18.3. The fourth-order valence-electron chi connectivity index (χ4n) is 5.12. The Morgan fingerprint density at radius 1 is 1.00 bits per heavy atom. The Bertz CT molecular complexity index is 1060. The van der Waals surface area contributed by atoms with E-state index >= 15 is 0 Å². The van der Waals surface area contributed by atoms with Crippen molar-refractivity contribution in [2.24, 2.45) is 5.92 Å². The molecule has 172 valence electrons. The summed E-state index contributed by atoms with van der Waals surface area (Å²) >= 11 is 0. The summed E-state index contributed by atoms with van der Waals surface area (Å²) in [5.74, 6) is 1.13. The first kappa shape index (κ1) is 21.3.